The molecule has 0 radical (unpaired) electrons. The van der Waals surface area contributed by atoms with E-state index in [1.54, 1.807) is 0 Å². The van der Waals surface area contributed by atoms with Gasteiger partial charge in [-0.05, 0) is 23.7 Å². The van der Waals surface area contributed by atoms with Crippen molar-refractivity contribution in [2.75, 3.05) is 6.61 Å². The molecule has 100 valence electrons. The Kier molecular flexibility index (Phi) is 4.59. The molecule has 0 N–H and O–H groups in total. The monoisotopic (exact) mass is 264 g/mol. The van der Waals surface area contributed by atoms with E-state index >= 15 is 0 Å². The van der Waals surface area contributed by atoms with Crippen molar-refractivity contribution in [3.8, 4) is 0 Å². The lowest BCUT2D eigenvalue weighted by molar-refractivity contribution is 0.248. The molecule has 1 aliphatic heterocycles. The highest BCUT2D eigenvalue weighted by atomic mass is 28.4. The topological polar surface area (TPSA) is 21.8 Å². The second kappa shape index (κ2) is 6.00. The molecule has 3 heteroatoms. The summed E-state index contributed by atoms with van der Waals surface area (Å²) in [6.07, 6.45) is 0.549. The molecule has 1 aromatic carbocycles. The smallest absolute Gasteiger partial charge is 0.192 e. The van der Waals surface area contributed by atoms with Crippen molar-refractivity contribution in [1.82, 2.24) is 0 Å². The molecular weight excluding hydrogens is 240 g/mol. The van der Waals surface area contributed by atoms with Crippen LogP contribution in [0.25, 0.3) is 0 Å². The van der Waals surface area contributed by atoms with Gasteiger partial charge in [0, 0.05) is 0 Å². The largest absolute Gasteiger partial charge is 0.414 e. The molecule has 1 aromatic rings. The maximum absolute atomic E-state index is 6.27. The van der Waals surface area contributed by atoms with Crippen molar-refractivity contribution in [2.24, 2.45) is 0 Å². The average Bonchev–Trinajstić information content (AvgIpc) is 3.22. The lowest BCUT2D eigenvalue weighted by atomic mass is 10.1. The molecule has 0 spiro atoms. The third-order valence-electron chi connectivity index (χ3n) is 4.20. The Balaban J connectivity index is 1.83. The van der Waals surface area contributed by atoms with Gasteiger partial charge in [0.1, 0.15) is 12.2 Å². The molecule has 0 saturated carbocycles. The summed E-state index contributed by atoms with van der Waals surface area (Å²) in [5, 5.41) is 0. The first-order chi connectivity index (χ1) is 8.74. The number of hydrogen-bond acceptors (Lipinski definition) is 2. The standard InChI is InChI=1S/C15H24O2Si/c1-4-18(5-2,6-3)16-12-14-15(17-14)13-10-8-7-9-11-13/h7-11,14-15H,4-6,12H2,1-3H3/t14-,15-/m0/s1. The number of ether oxygens (including phenoxy) is 1. The Hall–Kier alpha value is -0.643. The van der Waals surface area contributed by atoms with Crippen molar-refractivity contribution >= 4 is 8.32 Å². The summed E-state index contributed by atoms with van der Waals surface area (Å²) >= 11 is 0. The summed E-state index contributed by atoms with van der Waals surface area (Å²) < 4.78 is 12.0. The van der Waals surface area contributed by atoms with Crippen molar-refractivity contribution in [3.05, 3.63) is 35.9 Å². The predicted molar refractivity (Wildman–Crippen MR) is 77.2 cm³/mol. The number of benzene rings is 1. The van der Waals surface area contributed by atoms with E-state index < -0.39 is 8.32 Å². The van der Waals surface area contributed by atoms with E-state index in [2.05, 4.69) is 45.0 Å². The fourth-order valence-electron chi connectivity index (χ4n) is 2.52. The average molecular weight is 264 g/mol. The molecule has 0 aromatic heterocycles. The Morgan fingerprint density at radius 1 is 1.06 bits per heavy atom. The van der Waals surface area contributed by atoms with Gasteiger partial charge in [0.15, 0.2) is 8.32 Å². The van der Waals surface area contributed by atoms with Crippen LogP contribution in [0.15, 0.2) is 30.3 Å². The van der Waals surface area contributed by atoms with E-state index in [0.29, 0.717) is 0 Å². The second-order valence-corrected chi connectivity index (χ2v) is 9.84. The van der Waals surface area contributed by atoms with E-state index in [9.17, 15) is 0 Å². The summed E-state index contributed by atoms with van der Waals surface area (Å²) in [5.41, 5.74) is 1.28. The van der Waals surface area contributed by atoms with Crippen LogP contribution in [0.1, 0.15) is 32.4 Å². The fraction of sp³-hybridized carbons (Fsp3) is 0.600. The Morgan fingerprint density at radius 2 is 1.67 bits per heavy atom. The number of hydrogen-bond donors (Lipinski definition) is 0. The summed E-state index contributed by atoms with van der Waals surface area (Å²) in [6.45, 7) is 7.58. The van der Waals surface area contributed by atoms with Gasteiger partial charge in [-0.2, -0.15) is 0 Å². The second-order valence-electron chi connectivity index (χ2n) is 5.06. The molecule has 0 bridgehead atoms. The first-order valence-electron chi connectivity index (χ1n) is 7.09. The van der Waals surface area contributed by atoms with Gasteiger partial charge in [-0.3, -0.25) is 0 Å². The van der Waals surface area contributed by atoms with Crippen molar-refractivity contribution in [2.45, 2.75) is 51.1 Å². The van der Waals surface area contributed by atoms with Crippen LogP contribution in [-0.2, 0) is 9.16 Å². The van der Waals surface area contributed by atoms with Crippen LogP contribution in [0.5, 0.6) is 0 Å². The normalized spacial score (nSPS) is 23.1. The van der Waals surface area contributed by atoms with Gasteiger partial charge in [0.2, 0.25) is 0 Å². The van der Waals surface area contributed by atoms with Gasteiger partial charge < -0.3 is 9.16 Å². The van der Waals surface area contributed by atoms with Gasteiger partial charge in [-0.15, -0.1) is 0 Å². The Labute approximate surface area is 111 Å². The van der Waals surface area contributed by atoms with Gasteiger partial charge >= 0.3 is 0 Å². The van der Waals surface area contributed by atoms with Crippen LogP contribution < -0.4 is 0 Å². The zero-order chi connectivity index (χ0) is 13.0. The zero-order valence-electron chi connectivity index (χ0n) is 11.7. The third-order valence-corrected chi connectivity index (χ3v) is 8.84. The molecule has 18 heavy (non-hydrogen) atoms. The number of rotatable bonds is 7. The van der Waals surface area contributed by atoms with Crippen LogP contribution in [0.4, 0.5) is 0 Å². The molecular formula is C15H24O2Si. The summed E-state index contributed by atoms with van der Waals surface area (Å²) in [6, 6.07) is 14.1. The number of epoxide rings is 1. The molecule has 0 unspecified atom stereocenters. The van der Waals surface area contributed by atoms with E-state index in [4.69, 9.17) is 9.16 Å². The minimum atomic E-state index is -1.45. The van der Waals surface area contributed by atoms with E-state index in [1.807, 2.05) is 6.07 Å². The highest BCUT2D eigenvalue weighted by Gasteiger charge is 2.42. The highest BCUT2D eigenvalue weighted by Crippen LogP contribution is 2.39. The molecule has 1 saturated heterocycles. The fourth-order valence-corrected chi connectivity index (χ4v) is 5.15. The minimum Gasteiger partial charge on any atom is -0.414 e. The summed E-state index contributed by atoms with van der Waals surface area (Å²) in [4.78, 5) is 0. The molecule has 2 nitrogen and oxygen atoms in total. The molecule has 1 heterocycles. The maximum Gasteiger partial charge on any atom is 0.192 e. The van der Waals surface area contributed by atoms with Crippen molar-refractivity contribution in [3.63, 3.8) is 0 Å². The van der Waals surface area contributed by atoms with Crippen LogP contribution in [0.2, 0.25) is 18.1 Å². The van der Waals surface area contributed by atoms with Gasteiger partial charge in [0.25, 0.3) is 0 Å². The minimum absolute atomic E-state index is 0.267. The summed E-state index contributed by atoms with van der Waals surface area (Å²) in [5.74, 6) is 0. The predicted octanol–water partition coefficient (Wildman–Crippen LogP) is 4.15. The molecule has 0 aliphatic carbocycles. The summed E-state index contributed by atoms with van der Waals surface area (Å²) in [7, 11) is -1.45. The zero-order valence-corrected chi connectivity index (χ0v) is 12.7. The molecule has 2 rings (SSSR count). The van der Waals surface area contributed by atoms with Crippen LogP contribution in [0, 0.1) is 0 Å². The molecule has 0 amide bonds. The molecule has 1 aliphatic rings. The Bertz CT molecular complexity index is 354. The molecule has 1 fully saturated rings. The van der Waals surface area contributed by atoms with Gasteiger partial charge in [-0.1, -0.05) is 51.1 Å². The SMILES string of the molecule is CC[Si](CC)(CC)OC[C@@H]1O[C@H]1c1ccccc1. The van der Waals surface area contributed by atoms with Gasteiger partial charge in [0.05, 0.1) is 6.61 Å². The Morgan fingerprint density at radius 3 is 2.22 bits per heavy atom. The first kappa shape index (κ1) is 13.8. The van der Waals surface area contributed by atoms with Crippen LogP contribution >= 0.6 is 0 Å². The highest BCUT2D eigenvalue weighted by molar-refractivity contribution is 6.73. The van der Waals surface area contributed by atoms with E-state index in [1.165, 1.54) is 23.7 Å². The van der Waals surface area contributed by atoms with E-state index in [0.717, 1.165) is 6.61 Å². The molecule has 2 atom stereocenters. The van der Waals surface area contributed by atoms with Gasteiger partial charge in [-0.25, -0.2) is 0 Å². The van der Waals surface area contributed by atoms with Crippen molar-refractivity contribution in [1.29, 1.82) is 0 Å². The van der Waals surface area contributed by atoms with Crippen LogP contribution in [0.3, 0.4) is 0 Å². The quantitative estimate of drug-likeness (QED) is 0.545. The van der Waals surface area contributed by atoms with E-state index in [-0.39, 0.29) is 12.2 Å². The maximum atomic E-state index is 6.27. The lowest BCUT2D eigenvalue weighted by Crippen LogP contribution is -2.37. The van der Waals surface area contributed by atoms with Crippen LogP contribution in [-0.4, -0.2) is 21.0 Å². The first-order valence-corrected chi connectivity index (χ1v) is 9.62. The lowest BCUT2D eigenvalue weighted by Gasteiger charge is -2.27. The third kappa shape index (κ3) is 3.02. The van der Waals surface area contributed by atoms with Crippen molar-refractivity contribution < 1.29 is 9.16 Å².